The molecule has 1 atom stereocenters. The number of allylic oxidation sites excluding steroid dienone is 2. The van der Waals surface area contributed by atoms with Crippen LogP contribution in [0.1, 0.15) is 12.0 Å². The standard InChI is InChI=1S/C16H15NO2/c18-14-8-13-6-7-17(11-15(13)16(19)9-14)10-12-4-2-1-3-5-12/h1-8,15H,9-11H2. The summed E-state index contributed by atoms with van der Waals surface area (Å²) in [7, 11) is 0. The molecule has 0 spiro atoms. The predicted octanol–water partition coefficient (Wildman–Crippen LogP) is 2.10. The summed E-state index contributed by atoms with van der Waals surface area (Å²) in [5, 5.41) is 0. The van der Waals surface area contributed by atoms with E-state index in [9.17, 15) is 9.59 Å². The molecule has 1 aromatic carbocycles. The second kappa shape index (κ2) is 4.84. The zero-order chi connectivity index (χ0) is 13.2. The Morgan fingerprint density at radius 3 is 2.74 bits per heavy atom. The molecule has 0 aromatic heterocycles. The van der Waals surface area contributed by atoms with Gasteiger partial charge in [0.2, 0.25) is 0 Å². The molecule has 1 heterocycles. The van der Waals surface area contributed by atoms with Gasteiger partial charge in [-0.05, 0) is 29.5 Å². The number of rotatable bonds is 2. The Balaban J connectivity index is 1.78. The molecular formula is C16H15NO2. The van der Waals surface area contributed by atoms with E-state index in [1.165, 1.54) is 5.56 Å². The van der Waals surface area contributed by atoms with Crippen LogP contribution >= 0.6 is 0 Å². The van der Waals surface area contributed by atoms with Crippen molar-refractivity contribution in [2.75, 3.05) is 6.54 Å². The number of carbonyl (C=O) groups excluding carboxylic acids is 2. The van der Waals surface area contributed by atoms with E-state index in [1.807, 2.05) is 30.5 Å². The molecule has 1 aromatic rings. The number of fused-ring (bicyclic) bond motifs is 1. The highest BCUT2D eigenvalue weighted by molar-refractivity contribution is 6.10. The van der Waals surface area contributed by atoms with E-state index in [-0.39, 0.29) is 23.9 Å². The molecule has 2 aliphatic rings. The van der Waals surface area contributed by atoms with E-state index in [0.29, 0.717) is 6.54 Å². The lowest BCUT2D eigenvalue weighted by Gasteiger charge is -2.32. The Morgan fingerprint density at radius 2 is 1.95 bits per heavy atom. The van der Waals surface area contributed by atoms with Gasteiger partial charge in [0, 0.05) is 13.1 Å². The van der Waals surface area contributed by atoms with Gasteiger partial charge in [0.05, 0.1) is 12.3 Å². The summed E-state index contributed by atoms with van der Waals surface area (Å²) in [6.07, 6.45) is 5.54. The SMILES string of the molecule is O=C1C=C2C=CN(Cc3ccccc3)CC2C(=O)C1. The minimum Gasteiger partial charge on any atom is -0.372 e. The van der Waals surface area contributed by atoms with Gasteiger partial charge in [-0.25, -0.2) is 0 Å². The molecule has 0 saturated heterocycles. The Hall–Kier alpha value is -2.16. The van der Waals surface area contributed by atoms with E-state index < -0.39 is 0 Å². The lowest BCUT2D eigenvalue weighted by Crippen LogP contribution is -2.36. The first kappa shape index (κ1) is 11.9. The number of Topliss-reactive ketones (excluding diaryl/α,β-unsaturated/α-hetero) is 1. The summed E-state index contributed by atoms with van der Waals surface area (Å²) in [6.45, 7) is 1.46. The van der Waals surface area contributed by atoms with Crippen molar-refractivity contribution in [3.05, 3.63) is 59.8 Å². The molecule has 3 rings (SSSR count). The quantitative estimate of drug-likeness (QED) is 0.757. The van der Waals surface area contributed by atoms with Crippen LogP contribution in [-0.4, -0.2) is 23.0 Å². The molecule has 0 bridgehead atoms. The Bertz CT molecular complexity index is 572. The molecule has 1 aliphatic heterocycles. The van der Waals surface area contributed by atoms with Crippen molar-refractivity contribution in [3.63, 3.8) is 0 Å². The summed E-state index contributed by atoms with van der Waals surface area (Å²) in [4.78, 5) is 25.4. The average molecular weight is 253 g/mol. The van der Waals surface area contributed by atoms with Crippen molar-refractivity contribution >= 4 is 11.6 Å². The molecule has 3 heteroatoms. The molecule has 96 valence electrons. The smallest absolute Gasteiger partial charge is 0.163 e. The van der Waals surface area contributed by atoms with Gasteiger partial charge in [0.15, 0.2) is 5.78 Å². The van der Waals surface area contributed by atoms with Crippen molar-refractivity contribution in [1.82, 2.24) is 4.90 Å². The van der Waals surface area contributed by atoms with Crippen molar-refractivity contribution < 1.29 is 9.59 Å². The van der Waals surface area contributed by atoms with E-state index in [4.69, 9.17) is 0 Å². The fourth-order valence-corrected chi connectivity index (χ4v) is 2.61. The maximum atomic E-state index is 11.9. The second-order valence-corrected chi connectivity index (χ2v) is 5.04. The molecule has 3 nitrogen and oxygen atoms in total. The molecule has 0 N–H and O–H groups in total. The topological polar surface area (TPSA) is 37.4 Å². The maximum Gasteiger partial charge on any atom is 0.163 e. The van der Waals surface area contributed by atoms with Gasteiger partial charge in [-0.2, -0.15) is 0 Å². The van der Waals surface area contributed by atoms with Crippen LogP contribution in [0, 0.1) is 5.92 Å². The zero-order valence-electron chi connectivity index (χ0n) is 10.6. The van der Waals surface area contributed by atoms with Gasteiger partial charge in [0.25, 0.3) is 0 Å². The lowest BCUT2D eigenvalue weighted by molar-refractivity contribution is -0.128. The predicted molar refractivity (Wildman–Crippen MR) is 72.2 cm³/mol. The first-order valence-corrected chi connectivity index (χ1v) is 6.46. The highest BCUT2D eigenvalue weighted by atomic mass is 16.1. The van der Waals surface area contributed by atoms with Crippen LogP contribution in [0.2, 0.25) is 0 Å². The monoisotopic (exact) mass is 253 g/mol. The fraction of sp³-hybridized carbons (Fsp3) is 0.250. The van der Waals surface area contributed by atoms with Crippen molar-refractivity contribution in [2.24, 2.45) is 5.92 Å². The van der Waals surface area contributed by atoms with E-state index in [0.717, 1.165) is 12.1 Å². The van der Waals surface area contributed by atoms with Crippen molar-refractivity contribution in [3.8, 4) is 0 Å². The van der Waals surface area contributed by atoms with E-state index in [1.54, 1.807) is 6.08 Å². The number of nitrogens with zero attached hydrogens (tertiary/aromatic N) is 1. The first-order chi connectivity index (χ1) is 9.22. The Morgan fingerprint density at radius 1 is 1.16 bits per heavy atom. The van der Waals surface area contributed by atoms with Crippen LogP contribution in [-0.2, 0) is 16.1 Å². The van der Waals surface area contributed by atoms with Crippen LogP contribution in [0.25, 0.3) is 0 Å². The van der Waals surface area contributed by atoms with Crippen LogP contribution < -0.4 is 0 Å². The summed E-state index contributed by atoms with van der Waals surface area (Å²) >= 11 is 0. The van der Waals surface area contributed by atoms with Crippen LogP contribution in [0.5, 0.6) is 0 Å². The molecule has 0 amide bonds. The van der Waals surface area contributed by atoms with Gasteiger partial charge >= 0.3 is 0 Å². The van der Waals surface area contributed by atoms with Crippen LogP contribution in [0.3, 0.4) is 0 Å². The maximum absolute atomic E-state index is 11.9. The van der Waals surface area contributed by atoms with Gasteiger partial charge in [-0.1, -0.05) is 30.3 Å². The molecule has 0 fully saturated rings. The third-order valence-electron chi connectivity index (χ3n) is 3.59. The van der Waals surface area contributed by atoms with Gasteiger partial charge in [-0.15, -0.1) is 0 Å². The Labute approximate surface area is 112 Å². The second-order valence-electron chi connectivity index (χ2n) is 5.04. The fourth-order valence-electron chi connectivity index (χ4n) is 2.61. The van der Waals surface area contributed by atoms with Crippen LogP contribution in [0.4, 0.5) is 0 Å². The number of hydrogen-bond donors (Lipinski definition) is 0. The molecule has 1 unspecified atom stereocenters. The molecule has 0 saturated carbocycles. The van der Waals surface area contributed by atoms with Crippen molar-refractivity contribution in [2.45, 2.75) is 13.0 Å². The van der Waals surface area contributed by atoms with E-state index in [2.05, 4.69) is 17.0 Å². The lowest BCUT2D eigenvalue weighted by atomic mass is 9.84. The largest absolute Gasteiger partial charge is 0.372 e. The minimum atomic E-state index is -0.133. The van der Waals surface area contributed by atoms with Gasteiger partial charge < -0.3 is 4.90 Å². The first-order valence-electron chi connectivity index (χ1n) is 6.46. The zero-order valence-corrected chi connectivity index (χ0v) is 10.6. The number of ketones is 2. The average Bonchev–Trinajstić information content (AvgIpc) is 2.40. The normalized spacial score (nSPS) is 22.2. The highest BCUT2D eigenvalue weighted by Crippen LogP contribution is 2.27. The Kier molecular flexibility index (Phi) is 3.03. The number of hydrogen-bond acceptors (Lipinski definition) is 3. The highest BCUT2D eigenvalue weighted by Gasteiger charge is 2.31. The minimum absolute atomic E-state index is 0.0462. The molecular weight excluding hydrogens is 238 g/mol. The number of benzene rings is 1. The van der Waals surface area contributed by atoms with Gasteiger partial charge in [-0.3, -0.25) is 9.59 Å². The summed E-state index contributed by atoms with van der Waals surface area (Å²) < 4.78 is 0. The van der Waals surface area contributed by atoms with Crippen molar-refractivity contribution in [1.29, 1.82) is 0 Å². The molecule has 1 aliphatic carbocycles. The van der Waals surface area contributed by atoms with Gasteiger partial charge in [0.1, 0.15) is 5.78 Å². The molecule has 0 radical (unpaired) electrons. The van der Waals surface area contributed by atoms with E-state index >= 15 is 0 Å². The number of carbonyl (C=O) groups is 2. The third kappa shape index (κ3) is 2.50. The summed E-state index contributed by atoms with van der Waals surface area (Å²) in [6, 6.07) is 10.2. The molecule has 19 heavy (non-hydrogen) atoms. The summed E-state index contributed by atoms with van der Waals surface area (Å²) in [5.74, 6) is -0.159. The summed E-state index contributed by atoms with van der Waals surface area (Å²) in [5.41, 5.74) is 2.09. The van der Waals surface area contributed by atoms with Crippen LogP contribution in [0.15, 0.2) is 54.3 Å². The third-order valence-corrected chi connectivity index (χ3v) is 3.59.